The molecular weight excluding hydrogens is 469 g/mol. The van der Waals surface area contributed by atoms with Gasteiger partial charge in [-0.15, -0.1) is 11.6 Å². The molecule has 162 valence electrons. The van der Waals surface area contributed by atoms with Crippen LogP contribution in [0.5, 0.6) is 5.75 Å². The maximum Gasteiger partial charge on any atom is 0.271 e. The molecular formula is C20H22Cl3N3O3S. The number of halogens is 3. The van der Waals surface area contributed by atoms with E-state index in [1.807, 2.05) is 26.8 Å². The number of ether oxygens (including phenoxy) is 1. The summed E-state index contributed by atoms with van der Waals surface area (Å²) in [6.45, 7) is 6.07. The second-order valence-corrected chi connectivity index (χ2v) is 9.52. The summed E-state index contributed by atoms with van der Waals surface area (Å²) < 4.78 is 14.9. The summed E-state index contributed by atoms with van der Waals surface area (Å²) in [6.07, 6.45) is 1.59. The van der Waals surface area contributed by atoms with Gasteiger partial charge in [0.1, 0.15) is 17.5 Å². The Balaban J connectivity index is 0.00000103. The smallest absolute Gasteiger partial charge is 0.271 e. The number of nitrogens with zero attached hydrogens (tertiary/aromatic N) is 3. The molecule has 1 atom stereocenters. The topological polar surface area (TPSA) is 83.3 Å². The lowest BCUT2D eigenvalue weighted by Crippen LogP contribution is -2.22. The average Bonchev–Trinajstić information content (AvgIpc) is 2.67. The lowest BCUT2D eigenvalue weighted by molar-refractivity contribution is 0.0822. The zero-order valence-electron chi connectivity index (χ0n) is 17.2. The van der Waals surface area contributed by atoms with Crippen LogP contribution in [0.4, 0.5) is 0 Å². The highest BCUT2D eigenvalue weighted by molar-refractivity contribution is 8.26. The number of alkyl halides is 1. The largest absolute Gasteiger partial charge is 0.493 e. The zero-order valence-corrected chi connectivity index (χ0v) is 20.3. The molecule has 0 radical (unpaired) electrons. The Labute approximate surface area is 193 Å². The molecule has 2 aromatic rings. The number of aromatic nitrogens is 1. The first-order valence-electron chi connectivity index (χ1n) is 8.81. The first kappa shape index (κ1) is 26.2. The minimum Gasteiger partial charge on any atom is -0.493 e. The molecule has 1 aromatic carbocycles. The van der Waals surface area contributed by atoms with E-state index in [4.69, 9.17) is 20.5 Å². The normalized spacial score (nSPS) is 11.2. The summed E-state index contributed by atoms with van der Waals surface area (Å²) in [7, 11) is 10.7. The third kappa shape index (κ3) is 6.85. The van der Waals surface area contributed by atoms with Crippen molar-refractivity contribution in [2.75, 3.05) is 20.7 Å². The molecule has 6 nitrogen and oxygen atoms in total. The van der Waals surface area contributed by atoms with Gasteiger partial charge in [-0.25, -0.2) is 4.21 Å². The molecule has 30 heavy (non-hydrogen) atoms. The van der Waals surface area contributed by atoms with Crippen molar-refractivity contribution in [1.82, 2.24) is 9.88 Å². The average molecular weight is 491 g/mol. The molecule has 0 saturated carbocycles. The molecule has 1 unspecified atom stereocenters. The summed E-state index contributed by atoms with van der Waals surface area (Å²) in [5, 5.41) is 9.40. The Morgan fingerprint density at radius 1 is 1.37 bits per heavy atom. The quantitative estimate of drug-likeness (QED) is 0.415. The minimum atomic E-state index is -1.67. The Morgan fingerprint density at radius 2 is 1.97 bits per heavy atom. The van der Waals surface area contributed by atoms with Crippen LogP contribution < -0.4 is 4.74 Å². The van der Waals surface area contributed by atoms with Crippen LogP contribution in [0, 0.1) is 18.3 Å². The van der Waals surface area contributed by atoms with Gasteiger partial charge in [0.2, 0.25) is 9.23 Å². The number of pyridine rings is 1. The standard InChI is InChI=1S/C20H22ClN3O2.Cl2OS/c1-6-26-19-15(13(3)21)9-12(2)16(10-22)18(19)14-7-8-17(23-11-14)20(25)24(4)5;1-4(2)3/h7-9,11,13H,6H2,1-5H3;. The predicted octanol–water partition coefficient (Wildman–Crippen LogP) is 5.37. The molecule has 0 saturated heterocycles. The number of hydrogen-bond donors (Lipinski definition) is 0. The molecule has 1 amide bonds. The maximum absolute atomic E-state index is 12.1. The van der Waals surface area contributed by atoms with Gasteiger partial charge in [-0.05, 0) is 38.5 Å². The zero-order chi connectivity index (χ0) is 23.0. The number of hydrogen-bond acceptors (Lipinski definition) is 5. The van der Waals surface area contributed by atoms with E-state index in [-0.39, 0.29) is 11.3 Å². The van der Waals surface area contributed by atoms with Gasteiger partial charge in [0, 0.05) is 58.3 Å². The fourth-order valence-electron chi connectivity index (χ4n) is 2.74. The van der Waals surface area contributed by atoms with E-state index in [0.717, 1.165) is 11.1 Å². The van der Waals surface area contributed by atoms with Gasteiger partial charge in [-0.1, -0.05) is 6.07 Å². The molecule has 0 aliphatic carbocycles. The molecule has 0 aliphatic heterocycles. The summed E-state index contributed by atoms with van der Waals surface area (Å²) in [5.74, 6) is 0.409. The Hall–Kier alpha value is -1.85. The van der Waals surface area contributed by atoms with E-state index in [9.17, 15) is 10.1 Å². The van der Waals surface area contributed by atoms with Crippen molar-refractivity contribution in [2.24, 2.45) is 0 Å². The van der Waals surface area contributed by atoms with Crippen molar-refractivity contribution in [3.05, 3.63) is 46.8 Å². The predicted molar refractivity (Wildman–Crippen MR) is 122 cm³/mol. The highest BCUT2D eigenvalue weighted by atomic mass is 36.0. The summed E-state index contributed by atoms with van der Waals surface area (Å²) >= 11 is 6.34. The van der Waals surface area contributed by atoms with Crippen molar-refractivity contribution in [1.29, 1.82) is 5.26 Å². The third-order valence-electron chi connectivity index (χ3n) is 4.01. The Kier molecular flexibility index (Phi) is 10.6. The first-order chi connectivity index (χ1) is 14.0. The second-order valence-electron chi connectivity index (χ2n) is 6.34. The van der Waals surface area contributed by atoms with E-state index in [1.54, 1.807) is 32.4 Å². The van der Waals surface area contributed by atoms with Crippen molar-refractivity contribution in [2.45, 2.75) is 26.1 Å². The number of nitriles is 1. The van der Waals surface area contributed by atoms with Crippen LogP contribution in [-0.4, -0.2) is 40.7 Å². The van der Waals surface area contributed by atoms with Crippen LogP contribution in [0.3, 0.4) is 0 Å². The van der Waals surface area contributed by atoms with Gasteiger partial charge in [-0.2, -0.15) is 5.26 Å². The molecule has 0 aliphatic rings. The van der Waals surface area contributed by atoms with E-state index < -0.39 is 9.23 Å². The van der Waals surface area contributed by atoms with Gasteiger partial charge in [0.15, 0.2) is 0 Å². The fourth-order valence-corrected chi connectivity index (χ4v) is 2.90. The number of carbonyl (C=O) groups excluding carboxylic acids is 1. The summed E-state index contributed by atoms with van der Waals surface area (Å²) in [5.41, 5.74) is 3.88. The SMILES string of the molecule is CCOc1c(C(C)Cl)cc(C)c(C#N)c1-c1ccc(C(=O)N(C)C)nc1.O=S(Cl)Cl. The van der Waals surface area contributed by atoms with Gasteiger partial charge < -0.3 is 9.64 Å². The number of rotatable bonds is 5. The van der Waals surface area contributed by atoms with Crippen LogP contribution in [0.15, 0.2) is 24.4 Å². The Bertz CT molecular complexity index is 954. The first-order valence-corrected chi connectivity index (χ1v) is 12.1. The van der Waals surface area contributed by atoms with E-state index in [0.29, 0.717) is 34.7 Å². The van der Waals surface area contributed by atoms with E-state index in [2.05, 4.69) is 32.4 Å². The second kappa shape index (κ2) is 12.1. The van der Waals surface area contributed by atoms with Gasteiger partial charge in [-0.3, -0.25) is 9.78 Å². The maximum atomic E-state index is 12.1. The van der Waals surface area contributed by atoms with Gasteiger partial charge in [0.05, 0.1) is 17.5 Å². The number of aryl methyl sites for hydroxylation is 1. The lowest BCUT2D eigenvalue weighted by Gasteiger charge is -2.20. The highest BCUT2D eigenvalue weighted by Gasteiger charge is 2.22. The van der Waals surface area contributed by atoms with Crippen LogP contribution in [-0.2, 0) is 9.23 Å². The van der Waals surface area contributed by atoms with Crippen LogP contribution >= 0.6 is 33.0 Å². The Morgan fingerprint density at radius 3 is 2.37 bits per heavy atom. The molecule has 10 heteroatoms. The lowest BCUT2D eigenvalue weighted by atomic mass is 9.92. The number of carbonyl (C=O) groups is 1. The van der Waals surface area contributed by atoms with E-state index >= 15 is 0 Å². The molecule has 0 bridgehead atoms. The number of benzene rings is 1. The van der Waals surface area contributed by atoms with Crippen molar-refractivity contribution >= 4 is 48.1 Å². The highest BCUT2D eigenvalue weighted by Crippen LogP contribution is 2.42. The summed E-state index contributed by atoms with van der Waals surface area (Å²) in [6, 6.07) is 7.58. The fraction of sp³-hybridized carbons (Fsp3) is 0.350. The molecule has 0 spiro atoms. The number of amides is 1. The molecule has 1 heterocycles. The van der Waals surface area contributed by atoms with Crippen LogP contribution in [0.2, 0.25) is 0 Å². The van der Waals surface area contributed by atoms with Crippen molar-refractivity contribution < 1.29 is 13.7 Å². The van der Waals surface area contributed by atoms with Crippen molar-refractivity contribution in [3.8, 4) is 22.9 Å². The third-order valence-corrected chi connectivity index (χ3v) is 4.25. The van der Waals surface area contributed by atoms with E-state index in [1.165, 1.54) is 4.90 Å². The monoisotopic (exact) mass is 489 g/mol. The minimum absolute atomic E-state index is 0.179. The molecule has 0 fully saturated rings. The summed E-state index contributed by atoms with van der Waals surface area (Å²) in [4.78, 5) is 17.8. The van der Waals surface area contributed by atoms with Gasteiger partial charge >= 0.3 is 0 Å². The van der Waals surface area contributed by atoms with Crippen molar-refractivity contribution in [3.63, 3.8) is 0 Å². The molecule has 1 aromatic heterocycles. The van der Waals surface area contributed by atoms with Crippen LogP contribution in [0.1, 0.15) is 46.4 Å². The van der Waals surface area contributed by atoms with Crippen LogP contribution in [0.25, 0.3) is 11.1 Å². The van der Waals surface area contributed by atoms with Gasteiger partial charge in [0.25, 0.3) is 5.91 Å². The molecule has 2 rings (SSSR count). The molecule has 0 N–H and O–H groups in total.